The Morgan fingerprint density at radius 2 is 0.981 bits per heavy atom. The number of unbranched alkanes of at least 4 members (excludes halogenated alkanes) is 2. The van der Waals surface area contributed by atoms with E-state index in [2.05, 4.69) is 174 Å². The Balaban J connectivity index is 1.37. The summed E-state index contributed by atoms with van der Waals surface area (Å²) in [5, 5.41) is 10.8. The molecule has 0 fully saturated rings. The van der Waals surface area contributed by atoms with E-state index in [0.29, 0.717) is 0 Å². The van der Waals surface area contributed by atoms with Crippen molar-refractivity contribution in [2.24, 2.45) is 0 Å². The molecule has 0 saturated heterocycles. The van der Waals surface area contributed by atoms with Crippen molar-refractivity contribution in [2.45, 2.75) is 85.5 Å². The molecule has 0 saturated carbocycles. The molecular formula is C53H51N. The van der Waals surface area contributed by atoms with Crippen LogP contribution in [0.15, 0.2) is 127 Å². The molecule has 0 N–H and O–H groups in total. The van der Waals surface area contributed by atoms with Gasteiger partial charge in [-0.3, -0.25) is 0 Å². The van der Waals surface area contributed by atoms with Crippen molar-refractivity contribution in [1.82, 2.24) is 0 Å². The number of hydrogen-bond acceptors (Lipinski definition) is 1. The van der Waals surface area contributed by atoms with Crippen molar-refractivity contribution in [2.75, 3.05) is 4.90 Å². The zero-order valence-corrected chi connectivity index (χ0v) is 32.8. The first kappa shape index (κ1) is 34.4. The molecule has 0 aromatic heterocycles. The molecule has 1 aliphatic rings. The van der Waals surface area contributed by atoms with Crippen LogP contribution in [0.5, 0.6) is 0 Å². The number of fused-ring (bicyclic) bond motifs is 11. The number of rotatable bonds is 9. The molecule has 1 heteroatoms. The summed E-state index contributed by atoms with van der Waals surface area (Å²) >= 11 is 0. The lowest BCUT2D eigenvalue weighted by atomic mass is 9.70. The molecule has 0 unspecified atom stereocenters. The lowest BCUT2D eigenvalue weighted by Gasteiger charge is -2.34. The highest BCUT2D eigenvalue weighted by molar-refractivity contribution is 6.32. The summed E-state index contributed by atoms with van der Waals surface area (Å²) in [6.45, 7) is 13.6. The quantitative estimate of drug-likeness (QED) is 0.135. The van der Waals surface area contributed by atoms with Crippen molar-refractivity contribution < 1.29 is 0 Å². The van der Waals surface area contributed by atoms with Gasteiger partial charge in [-0.25, -0.2) is 0 Å². The molecule has 8 aromatic carbocycles. The smallest absolute Gasteiger partial charge is 0.0466 e. The summed E-state index contributed by atoms with van der Waals surface area (Å²) in [5.41, 5.74) is 14.6. The Bertz CT molecular complexity index is 2650. The van der Waals surface area contributed by atoms with Crippen LogP contribution in [-0.2, 0) is 5.41 Å². The van der Waals surface area contributed by atoms with Crippen LogP contribution < -0.4 is 4.90 Å². The van der Waals surface area contributed by atoms with Gasteiger partial charge in [0.2, 0.25) is 0 Å². The Labute approximate surface area is 321 Å². The fourth-order valence-electron chi connectivity index (χ4n) is 10.1. The molecule has 0 spiro atoms. The summed E-state index contributed by atoms with van der Waals surface area (Å²) in [6, 6.07) is 49.4. The molecular weight excluding hydrogens is 651 g/mol. The van der Waals surface area contributed by atoms with E-state index in [1.54, 1.807) is 0 Å². The third-order valence-corrected chi connectivity index (χ3v) is 12.3. The van der Waals surface area contributed by atoms with Gasteiger partial charge in [-0.2, -0.15) is 0 Å². The molecule has 0 bridgehead atoms. The van der Waals surface area contributed by atoms with Crippen LogP contribution >= 0.6 is 0 Å². The van der Waals surface area contributed by atoms with Crippen LogP contribution in [0.1, 0.15) is 85.8 Å². The van der Waals surface area contributed by atoms with E-state index in [9.17, 15) is 0 Å². The highest BCUT2D eigenvalue weighted by Gasteiger charge is 2.43. The van der Waals surface area contributed by atoms with Crippen LogP contribution in [0, 0.1) is 27.7 Å². The first-order chi connectivity index (χ1) is 26.3. The van der Waals surface area contributed by atoms with E-state index in [1.165, 1.54) is 130 Å². The SMILES string of the molecule is CCCCC1(CCCC)c2cc(N(c3cc(C)cc(C)c3)c3cc(C)cc(C)c3)ccc2-c2cc3c4ccccc4c4ccc5ccccc5c4c3cc21. The summed E-state index contributed by atoms with van der Waals surface area (Å²) < 4.78 is 0. The second-order valence-electron chi connectivity index (χ2n) is 16.2. The largest absolute Gasteiger partial charge is 0.310 e. The third kappa shape index (κ3) is 5.51. The lowest BCUT2D eigenvalue weighted by Crippen LogP contribution is -2.26. The molecule has 1 nitrogen and oxygen atoms in total. The molecule has 8 aromatic rings. The second-order valence-corrected chi connectivity index (χ2v) is 16.2. The molecule has 0 amide bonds. The van der Waals surface area contributed by atoms with E-state index < -0.39 is 0 Å². The van der Waals surface area contributed by atoms with Crippen LogP contribution in [0.3, 0.4) is 0 Å². The summed E-state index contributed by atoms with van der Waals surface area (Å²) in [7, 11) is 0. The van der Waals surface area contributed by atoms with Gasteiger partial charge in [-0.1, -0.05) is 118 Å². The minimum Gasteiger partial charge on any atom is -0.310 e. The van der Waals surface area contributed by atoms with Crippen LogP contribution in [-0.4, -0.2) is 0 Å². The summed E-state index contributed by atoms with van der Waals surface area (Å²) in [4.78, 5) is 2.51. The lowest BCUT2D eigenvalue weighted by molar-refractivity contribution is 0.415. The second kappa shape index (κ2) is 13.5. The topological polar surface area (TPSA) is 3.24 Å². The predicted octanol–water partition coefficient (Wildman–Crippen LogP) is 15.6. The highest BCUT2D eigenvalue weighted by atomic mass is 15.1. The maximum Gasteiger partial charge on any atom is 0.0466 e. The van der Waals surface area contributed by atoms with Gasteiger partial charge in [0.05, 0.1) is 0 Å². The van der Waals surface area contributed by atoms with E-state index in [-0.39, 0.29) is 5.41 Å². The molecule has 0 heterocycles. The van der Waals surface area contributed by atoms with Crippen molar-refractivity contribution in [3.8, 4) is 11.1 Å². The average Bonchev–Trinajstić information content (AvgIpc) is 3.42. The van der Waals surface area contributed by atoms with Gasteiger partial charge in [-0.05, 0) is 177 Å². The third-order valence-electron chi connectivity index (χ3n) is 12.3. The van der Waals surface area contributed by atoms with Crippen molar-refractivity contribution >= 4 is 60.2 Å². The Morgan fingerprint density at radius 1 is 0.426 bits per heavy atom. The summed E-state index contributed by atoms with van der Waals surface area (Å²) in [5.74, 6) is 0. The number of benzene rings is 8. The maximum atomic E-state index is 2.66. The monoisotopic (exact) mass is 701 g/mol. The van der Waals surface area contributed by atoms with Gasteiger partial charge < -0.3 is 4.90 Å². The highest BCUT2D eigenvalue weighted by Crippen LogP contribution is 2.57. The Hall–Kier alpha value is -5.40. The van der Waals surface area contributed by atoms with Gasteiger partial charge in [0, 0.05) is 22.5 Å². The van der Waals surface area contributed by atoms with E-state index in [0.717, 1.165) is 12.8 Å². The predicted molar refractivity (Wildman–Crippen MR) is 235 cm³/mol. The van der Waals surface area contributed by atoms with Gasteiger partial charge in [0.25, 0.3) is 0 Å². The van der Waals surface area contributed by atoms with Crippen molar-refractivity contribution in [3.05, 3.63) is 161 Å². The van der Waals surface area contributed by atoms with Gasteiger partial charge in [-0.15, -0.1) is 0 Å². The maximum absolute atomic E-state index is 2.66. The molecule has 9 rings (SSSR count). The van der Waals surface area contributed by atoms with Gasteiger partial charge >= 0.3 is 0 Å². The molecule has 0 radical (unpaired) electrons. The first-order valence-electron chi connectivity index (χ1n) is 20.2. The Morgan fingerprint density at radius 3 is 1.59 bits per heavy atom. The molecule has 54 heavy (non-hydrogen) atoms. The number of nitrogens with zero attached hydrogens (tertiary/aromatic N) is 1. The fraction of sp³-hybridized carbons (Fsp3) is 0.245. The zero-order valence-electron chi connectivity index (χ0n) is 32.8. The summed E-state index contributed by atoms with van der Waals surface area (Å²) in [6.07, 6.45) is 7.06. The van der Waals surface area contributed by atoms with Crippen LogP contribution in [0.25, 0.3) is 54.2 Å². The molecule has 0 aliphatic heterocycles. The number of hydrogen-bond donors (Lipinski definition) is 0. The zero-order chi connectivity index (χ0) is 37.1. The normalized spacial score (nSPS) is 13.2. The van der Waals surface area contributed by atoms with Crippen molar-refractivity contribution in [1.29, 1.82) is 0 Å². The Kier molecular flexibility index (Phi) is 8.57. The molecule has 268 valence electrons. The first-order valence-corrected chi connectivity index (χ1v) is 20.2. The van der Waals surface area contributed by atoms with Gasteiger partial charge in [0.1, 0.15) is 0 Å². The molecule has 1 aliphatic carbocycles. The minimum absolute atomic E-state index is 0.0693. The fourth-order valence-corrected chi connectivity index (χ4v) is 10.1. The van der Waals surface area contributed by atoms with Crippen molar-refractivity contribution in [3.63, 3.8) is 0 Å². The number of anilines is 3. The molecule has 0 atom stereocenters. The van der Waals surface area contributed by atoms with E-state index in [1.807, 2.05) is 0 Å². The van der Waals surface area contributed by atoms with Crippen LogP contribution in [0.4, 0.5) is 17.1 Å². The van der Waals surface area contributed by atoms with E-state index >= 15 is 0 Å². The number of aryl methyl sites for hydroxylation is 4. The van der Waals surface area contributed by atoms with Gasteiger partial charge in [0.15, 0.2) is 0 Å². The van der Waals surface area contributed by atoms with E-state index in [4.69, 9.17) is 0 Å². The standard InChI is InChI=1S/C53H51N/c1-7-9-23-53(24-10-8-2)50-31-39(54(40-27-34(3)25-35(4)28-40)41-29-36(5)26-37(6)30-41)20-22-45(50)48-32-47-44-18-14-13-17-43(44)46-21-19-38-15-11-12-16-42(38)52(46)49(47)33-51(48)53/h11-22,25-33H,7-10,23-24H2,1-6H3. The minimum atomic E-state index is -0.0693. The average molecular weight is 702 g/mol. The van der Waals surface area contributed by atoms with Crippen LogP contribution in [0.2, 0.25) is 0 Å².